The normalized spacial score (nSPS) is 14.4. The Kier molecular flexibility index (Phi) is 5.66. The molecule has 0 fully saturated rings. The number of carbonyl (C=O) groups is 4. The number of fused-ring (bicyclic) bond motifs is 12. The van der Waals surface area contributed by atoms with Gasteiger partial charge in [0.25, 0.3) is 23.6 Å². The molecule has 0 unspecified atom stereocenters. The van der Waals surface area contributed by atoms with E-state index in [1.807, 2.05) is 97.1 Å². The van der Waals surface area contributed by atoms with E-state index in [1.165, 1.54) is 0 Å². The second-order valence-corrected chi connectivity index (χ2v) is 12.4. The van der Waals surface area contributed by atoms with Crippen molar-refractivity contribution in [2.45, 2.75) is 0 Å². The summed E-state index contributed by atoms with van der Waals surface area (Å²) < 4.78 is 0. The number of para-hydroxylation sites is 4. The highest BCUT2D eigenvalue weighted by molar-refractivity contribution is 6.51. The second-order valence-electron chi connectivity index (χ2n) is 12.4. The molecule has 6 heterocycles. The van der Waals surface area contributed by atoms with Crippen LogP contribution in [0, 0.1) is 0 Å². The van der Waals surface area contributed by atoms with Crippen molar-refractivity contribution < 1.29 is 19.2 Å². The molecule has 6 N–H and O–H groups in total. The van der Waals surface area contributed by atoms with Gasteiger partial charge in [-0.15, -0.1) is 0 Å². The summed E-state index contributed by atoms with van der Waals surface area (Å²) in [5.74, 6) is -1.39. The van der Waals surface area contributed by atoms with Gasteiger partial charge in [0.05, 0.1) is 33.3 Å². The Hall–Kier alpha value is -7.20. The van der Waals surface area contributed by atoms with Gasteiger partial charge in [0.15, 0.2) is 0 Å². The van der Waals surface area contributed by atoms with Crippen LogP contribution in [0.5, 0.6) is 0 Å². The molecule has 0 radical (unpaired) electrons. The third-order valence-electron chi connectivity index (χ3n) is 9.74. The highest BCUT2D eigenvalue weighted by atomic mass is 16.2. The third-order valence-corrected chi connectivity index (χ3v) is 9.74. The molecule has 10 nitrogen and oxygen atoms in total. The Morgan fingerprint density at radius 2 is 0.740 bits per heavy atom. The number of aromatic nitrogens is 4. The minimum atomic E-state index is -0.366. The number of amides is 4. The summed E-state index contributed by atoms with van der Waals surface area (Å²) in [6, 6.07) is 31.1. The maximum atomic E-state index is 12.6. The van der Waals surface area contributed by atoms with Crippen molar-refractivity contribution in [2.75, 3.05) is 0 Å². The van der Waals surface area contributed by atoms with Crippen molar-refractivity contribution in [1.29, 1.82) is 0 Å². The molecular weight excluding hydrogens is 628 g/mol. The third kappa shape index (κ3) is 3.78. The molecule has 0 bridgehead atoms. The van der Waals surface area contributed by atoms with Gasteiger partial charge in [-0.25, -0.2) is 0 Å². The number of hydrogen-bond donors (Lipinski definition) is 6. The first-order valence-electron chi connectivity index (χ1n) is 16.0. The Labute approximate surface area is 281 Å². The number of aromatic amines is 4. The van der Waals surface area contributed by atoms with Crippen LogP contribution in [0.2, 0.25) is 0 Å². The zero-order valence-corrected chi connectivity index (χ0v) is 26.0. The van der Waals surface area contributed by atoms with E-state index in [1.54, 1.807) is 12.4 Å². The molecule has 50 heavy (non-hydrogen) atoms. The molecule has 9 aromatic rings. The number of hydrogen-bond acceptors (Lipinski definition) is 4. The summed E-state index contributed by atoms with van der Waals surface area (Å²) in [7, 11) is 0. The van der Waals surface area contributed by atoms with Crippen molar-refractivity contribution in [3.63, 3.8) is 0 Å². The minimum Gasteiger partial charge on any atom is -0.361 e. The quantitative estimate of drug-likeness (QED) is 0.111. The molecule has 4 aromatic heterocycles. The predicted octanol–water partition coefficient (Wildman–Crippen LogP) is 7.06. The number of carbonyl (C=O) groups excluding carboxylic acids is 4. The number of H-pyrrole nitrogens is 4. The fourth-order valence-corrected chi connectivity index (χ4v) is 7.64. The molecular formula is C40H24N6O4. The van der Waals surface area contributed by atoms with E-state index in [4.69, 9.17) is 0 Å². The predicted molar refractivity (Wildman–Crippen MR) is 194 cm³/mol. The van der Waals surface area contributed by atoms with Crippen LogP contribution in [-0.4, -0.2) is 43.6 Å². The lowest BCUT2D eigenvalue weighted by molar-refractivity contribution is -0.122. The van der Waals surface area contributed by atoms with Gasteiger partial charge in [-0.1, -0.05) is 72.8 Å². The summed E-state index contributed by atoms with van der Waals surface area (Å²) in [5.41, 5.74) is 8.68. The lowest BCUT2D eigenvalue weighted by atomic mass is 9.95. The van der Waals surface area contributed by atoms with Crippen LogP contribution < -0.4 is 10.6 Å². The van der Waals surface area contributed by atoms with E-state index < -0.39 is 0 Å². The number of imide groups is 2. The highest BCUT2D eigenvalue weighted by Gasteiger charge is 2.36. The Morgan fingerprint density at radius 1 is 0.380 bits per heavy atom. The number of rotatable bonds is 2. The van der Waals surface area contributed by atoms with E-state index in [2.05, 4.69) is 30.6 Å². The summed E-state index contributed by atoms with van der Waals surface area (Å²) in [5, 5.41) is 10.2. The largest absolute Gasteiger partial charge is 0.361 e. The molecule has 5 aromatic carbocycles. The average Bonchev–Trinajstić information content (AvgIpc) is 3.97. The maximum absolute atomic E-state index is 12.6. The minimum absolute atomic E-state index is 0.332. The molecule has 11 rings (SSSR count). The molecule has 2 aliphatic rings. The first-order valence-corrected chi connectivity index (χ1v) is 16.0. The Balaban J connectivity index is 0.000000127. The van der Waals surface area contributed by atoms with Gasteiger partial charge < -0.3 is 19.9 Å². The summed E-state index contributed by atoms with van der Waals surface area (Å²) in [6.45, 7) is 0. The van der Waals surface area contributed by atoms with Crippen molar-refractivity contribution in [3.05, 3.63) is 132 Å². The molecule has 0 aliphatic carbocycles. The summed E-state index contributed by atoms with van der Waals surface area (Å²) >= 11 is 0. The molecule has 10 heteroatoms. The molecule has 238 valence electrons. The molecule has 0 spiro atoms. The average molecular weight is 653 g/mol. The monoisotopic (exact) mass is 652 g/mol. The summed E-state index contributed by atoms with van der Waals surface area (Å²) in [6.07, 6.45) is 3.57. The van der Waals surface area contributed by atoms with Crippen molar-refractivity contribution >= 4 is 100 Å². The van der Waals surface area contributed by atoms with Crippen LogP contribution in [0.1, 0.15) is 31.8 Å². The zero-order valence-electron chi connectivity index (χ0n) is 26.0. The Morgan fingerprint density at radius 3 is 1.18 bits per heavy atom. The molecule has 0 saturated heterocycles. The summed E-state index contributed by atoms with van der Waals surface area (Å²) in [4.78, 5) is 63.5. The van der Waals surface area contributed by atoms with E-state index in [9.17, 15) is 19.2 Å². The van der Waals surface area contributed by atoms with Crippen LogP contribution in [-0.2, 0) is 9.59 Å². The van der Waals surface area contributed by atoms with Gasteiger partial charge in [-0.2, -0.15) is 0 Å². The van der Waals surface area contributed by atoms with Crippen LogP contribution in [0.4, 0.5) is 0 Å². The van der Waals surface area contributed by atoms with Crippen LogP contribution >= 0.6 is 0 Å². The fraction of sp³-hybridized carbons (Fsp3) is 0. The smallest absolute Gasteiger partial charge is 0.259 e. The lowest BCUT2D eigenvalue weighted by Crippen LogP contribution is -2.22. The van der Waals surface area contributed by atoms with Crippen LogP contribution in [0.15, 0.2) is 109 Å². The first kappa shape index (κ1) is 27.9. The van der Waals surface area contributed by atoms with Crippen molar-refractivity contribution in [3.8, 4) is 0 Å². The zero-order chi connectivity index (χ0) is 33.7. The van der Waals surface area contributed by atoms with Gasteiger partial charge in [0.1, 0.15) is 0 Å². The first-order chi connectivity index (χ1) is 24.5. The Bertz CT molecular complexity index is 2820. The van der Waals surface area contributed by atoms with Crippen LogP contribution in [0.25, 0.3) is 76.6 Å². The molecule has 2 aliphatic heterocycles. The van der Waals surface area contributed by atoms with E-state index in [-0.39, 0.29) is 23.6 Å². The lowest BCUT2D eigenvalue weighted by Gasteiger charge is -2.03. The highest BCUT2D eigenvalue weighted by Crippen LogP contribution is 2.42. The van der Waals surface area contributed by atoms with Gasteiger partial charge >= 0.3 is 0 Å². The van der Waals surface area contributed by atoms with Crippen molar-refractivity contribution in [2.24, 2.45) is 0 Å². The van der Waals surface area contributed by atoms with Crippen LogP contribution in [0.3, 0.4) is 0 Å². The topological polar surface area (TPSA) is 155 Å². The second kappa shape index (κ2) is 10.1. The molecule has 0 atom stereocenters. The van der Waals surface area contributed by atoms with Crippen molar-refractivity contribution in [1.82, 2.24) is 30.6 Å². The standard InChI is InChI=1S/C20H11N3O2.C20H13N3O2/c24-19-15-13-9-5-1-3-7-11(9)21-17(13)18-14(16(15)20(25)23-19)10-6-2-4-8-12(10)22-18;24-19-17(13-9-21-15-7-3-1-5-11(13)15)18(20(25)23-19)14-10-22-16-8-4-2-6-12(14)16/h1-8,21-22H,(H,23,24,25);1-10,21-22H,(H,23,24,25). The molecule has 4 amide bonds. The number of benzene rings is 5. The van der Waals surface area contributed by atoms with E-state index in [0.29, 0.717) is 22.3 Å². The maximum Gasteiger partial charge on any atom is 0.259 e. The van der Waals surface area contributed by atoms with E-state index >= 15 is 0 Å². The number of nitrogens with one attached hydrogen (secondary N) is 6. The molecule has 0 saturated carbocycles. The SMILES string of the molecule is O=C1NC(=O)C(c2c[nH]c3ccccc23)=C1c1c[nH]c2ccccc12.O=C1NC(=O)c2c1c1c3ccccc3[nH]c1c1[nH]c3ccccc3c21. The fourth-order valence-electron chi connectivity index (χ4n) is 7.64. The van der Waals surface area contributed by atoms with Gasteiger partial charge in [-0.05, 0) is 24.3 Å². The van der Waals surface area contributed by atoms with Gasteiger partial charge in [0, 0.05) is 77.9 Å². The van der Waals surface area contributed by atoms with Gasteiger partial charge in [0.2, 0.25) is 0 Å². The van der Waals surface area contributed by atoms with E-state index in [0.717, 1.165) is 76.5 Å². The van der Waals surface area contributed by atoms with Gasteiger partial charge in [-0.3, -0.25) is 29.8 Å².